The molecule has 86 valence electrons. The van der Waals surface area contributed by atoms with Gasteiger partial charge in [-0.15, -0.1) is 0 Å². The van der Waals surface area contributed by atoms with E-state index in [9.17, 15) is 0 Å². The standard InChI is InChI=1S/C11H17N5/c1-7-14-10(12)9(11(13)15-7)8-3-5-16(2)6-4-8/h3H,4-6H2,1-2H3,(H4,12,13,14,15). The molecule has 2 rings (SSSR count). The molecule has 0 aromatic carbocycles. The topological polar surface area (TPSA) is 81.1 Å². The van der Waals surface area contributed by atoms with Crippen molar-refractivity contribution >= 4 is 17.2 Å². The molecule has 0 radical (unpaired) electrons. The van der Waals surface area contributed by atoms with Crippen LogP contribution in [-0.4, -0.2) is 35.0 Å². The summed E-state index contributed by atoms with van der Waals surface area (Å²) < 4.78 is 0. The zero-order valence-electron chi connectivity index (χ0n) is 9.70. The number of aromatic nitrogens is 2. The van der Waals surface area contributed by atoms with E-state index in [4.69, 9.17) is 11.5 Å². The Balaban J connectivity index is 2.41. The second kappa shape index (κ2) is 4.09. The van der Waals surface area contributed by atoms with Crippen LogP contribution in [0.25, 0.3) is 5.57 Å². The predicted octanol–water partition coefficient (Wildman–Crippen LogP) is 0.668. The van der Waals surface area contributed by atoms with Crippen molar-refractivity contribution < 1.29 is 0 Å². The molecule has 1 aliphatic rings. The van der Waals surface area contributed by atoms with Crippen LogP contribution in [0.5, 0.6) is 0 Å². The third-order valence-corrected chi connectivity index (χ3v) is 2.81. The maximum absolute atomic E-state index is 5.90. The molecule has 5 heteroatoms. The Morgan fingerprint density at radius 1 is 1.25 bits per heavy atom. The average molecular weight is 219 g/mol. The molecule has 0 fully saturated rings. The van der Waals surface area contributed by atoms with Crippen LogP contribution >= 0.6 is 0 Å². The van der Waals surface area contributed by atoms with E-state index in [2.05, 4.69) is 28.0 Å². The molecule has 16 heavy (non-hydrogen) atoms. The van der Waals surface area contributed by atoms with Crippen LogP contribution in [0.2, 0.25) is 0 Å². The lowest BCUT2D eigenvalue weighted by atomic mass is 10.0. The number of likely N-dealkylation sites (N-methyl/N-ethyl adjacent to an activating group) is 1. The molecule has 1 aromatic rings. The van der Waals surface area contributed by atoms with Gasteiger partial charge in [0.25, 0.3) is 0 Å². The van der Waals surface area contributed by atoms with E-state index in [1.807, 2.05) is 0 Å². The number of anilines is 2. The average Bonchev–Trinajstić information content (AvgIpc) is 2.19. The Morgan fingerprint density at radius 3 is 2.38 bits per heavy atom. The van der Waals surface area contributed by atoms with Crippen LogP contribution in [0, 0.1) is 6.92 Å². The Morgan fingerprint density at radius 2 is 1.88 bits per heavy atom. The summed E-state index contributed by atoms with van der Waals surface area (Å²) in [5.74, 6) is 1.59. The quantitative estimate of drug-likeness (QED) is 0.725. The van der Waals surface area contributed by atoms with Crippen molar-refractivity contribution in [3.63, 3.8) is 0 Å². The van der Waals surface area contributed by atoms with Crippen molar-refractivity contribution in [3.8, 4) is 0 Å². The SMILES string of the molecule is Cc1nc(N)c(C2=CCN(C)CC2)c(N)n1. The third-order valence-electron chi connectivity index (χ3n) is 2.81. The second-order valence-electron chi connectivity index (χ2n) is 4.16. The van der Waals surface area contributed by atoms with Crippen LogP contribution in [0.1, 0.15) is 17.8 Å². The Bertz CT molecular complexity index is 415. The maximum atomic E-state index is 5.90. The van der Waals surface area contributed by atoms with Crippen molar-refractivity contribution in [2.75, 3.05) is 31.6 Å². The number of nitrogen functional groups attached to an aromatic ring is 2. The normalized spacial score (nSPS) is 17.2. The highest BCUT2D eigenvalue weighted by molar-refractivity contribution is 5.80. The molecule has 0 aliphatic carbocycles. The van der Waals surface area contributed by atoms with Crippen molar-refractivity contribution in [2.45, 2.75) is 13.3 Å². The predicted molar refractivity (Wildman–Crippen MR) is 65.7 cm³/mol. The molecular weight excluding hydrogens is 202 g/mol. The molecule has 4 N–H and O–H groups in total. The minimum atomic E-state index is 0.487. The second-order valence-corrected chi connectivity index (χ2v) is 4.16. The molecule has 2 heterocycles. The summed E-state index contributed by atoms with van der Waals surface area (Å²) in [6, 6.07) is 0. The van der Waals surface area contributed by atoms with Crippen LogP contribution in [0.3, 0.4) is 0 Å². The van der Waals surface area contributed by atoms with Crippen molar-refractivity contribution in [2.24, 2.45) is 0 Å². The number of rotatable bonds is 1. The summed E-state index contributed by atoms with van der Waals surface area (Å²) in [5, 5.41) is 0. The molecule has 0 spiro atoms. The molecular formula is C11H17N5. The molecule has 5 nitrogen and oxygen atoms in total. The largest absolute Gasteiger partial charge is 0.383 e. The summed E-state index contributed by atoms with van der Waals surface area (Å²) in [7, 11) is 2.09. The highest BCUT2D eigenvalue weighted by atomic mass is 15.1. The zero-order chi connectivity index (χ0) is 11.7. The first kappa shape index (κ1) is 10.9. The summed E-state index contributed by atoms with van der Waals surface area (Å²) in [4.78, 5) is 10.6. The van der Waals surface area contributed by atoms with E-state index >= 15 is 0 Å². The van der Waals surface area contributed by atoms with Gasteiger partial charge < -0.3 is 16.4 Å². The van der Waals surface area contributed by atoms with E-state index < -0.39 is 0 Å². The van der Waals surface area contributed by atoms with E-state index in [0.717, 1.165) is 30.6 Å². The fourth-order valence-electron chi connectivity index (χ4n) is 1.94. The first-order valence-electron chi connectivity index (χ1n) is 5.35. The number of nitrogens with zero attached hydrogens (tertiary/aromatic N) is 3. The fourth-order valence-corrected chi connectivity index (χ4v) is 1.94. The van der Waals surface area contributed by atoms with E-state index in [-0.39, 0.29) is 0 Å². The molecule has 0 amide bonds. The van der Waals surface area contributed by atoms with Gasteiger partial charge in [0.15, 0.2) is 0 Å². The lowest BCUT2D eigenvalue weighted by molar-refractivity contribution is 0.370. The van der Waals surface area contributed by atoms with Gasteiger partial charge in [0, 0.05) is 13.1 Å². The van der Waals surface area contributed by atoms with Gasteiger partial charge in [-0.2, -0.15) is 0 Å². The molecule has 0 saturated carbocycles. The van der Waals surface area contributed by atoms with Crippen LogP contribution in [0.15, 0.2) is 6.08 Å². The fraction of sp³-hybridized carbons (Fsp3) is 0.455. The lowest BCUT2D eigenvalue weighted by Crippen LogP contribution is -2.24. The van der Waals surface area contributed by atoms with E-state index in [0.29, 0.717) is 17.5 Å². The lowest BCUT2D eigenvalue weighted by Gasteiger charge is -2.23. The van der Waals surface area contributed by atoms with E-state index in [1.54, 1.807) is 6.92 Å². The van der Waals surface area contributed by atoms with Gasteiger partial charge in [0.1, 0.15) is 17.5 Å². The van der Waals surface area contributed by atoms with Gasteiger partial charge >= 0.3 is 0 Å². The maximum Gasteiger partial charge on any atom is 0.136 e. The molecule has 0 atom stereocenters. The molecule has 1 aromatic heterocycles. The molecule has 0 saturated heterocycles. The Hall–Kier alpha value is -1.62. The van der Waals surface area contributed by atoms with Gasteiger partial charge in [-0.3, -0.25) is 0 Å². The minimum absolute atomic E-state index is 0.487. The summed E-state index contributed by atoms with van der Waals surface area (Å²) >= 11 is 0. The number of hydrogen-bond acceptors (Lipinski definition) is 5. The summed E-state index contributed by atoms with van der Waals surface area (Å²) in [5.41, 5.74) is 13.8. The van der Waals surface area contributed by atoms with Gasteiger partial charge in [0.05, 0.1) is 5.56 Å². The van der Waals surface area contributed by atoms with Crippen LogP contribution < -0.4 is 11.5 Å². The van der Waals surface area contributed by atoms with Crippen LogP contribution in [0.4, 0.5) is 11.6 Å². The smallest absolute Gasteiger partial charge is 0.136 e. The number of hydrogen-bond donors (Lipinski definition) is 2. The van der Waals surface area contributed by atoms with Crippen LogP contribution in [-0.2, 0) is 0 Å². The zero-order valence-corrected chi connectivity index (χ0v) is 9.70. The van der Waals surface area contributed by atoms with Gasteiger partial charge in [0.2, 0.25) is 0 Å². The first-order valence-corrected chi connectivity index (χ1v) is 5.35. The van der Waals surface area contributed by atoms with Gasteiger partial charge in [-0.25, -0.2) is 9.97 Å². The van der Waals surface area contributed by atoms with Crippen molar-refractivity contribution in [3.05, 3.63) is 17.5 Å². The van der Waals surface area contributed by atoms with Gasteiger partial charge in [-0.1, -0.05) is 6.08 Å². The summed E-state index contributed by atoms with van der Waals surface area (Å²) in [6.45, 7) is 3.72. The number of aryl methyl sites for hydroxylation is 1. The van der Waals surface area contributed by atoms with Crippen molar-refractivity contribution in [1.29, 1.82) is 0 Å². The highest BCUT2D eigenvalue weighted by Gasteiger charge is 2.16. The highest BCUT2D eigenvalue weighted by Crippen LogP contribution is 2.29. The van der Waals surface area contributed by atoms with Gasteiger partial charge in [-0.05, 0) is 26.0 Å². The summed E-state index contributed by atoms with van der Waals surface area (Å²) in [6.07, 6.45) is 3.08. The molecule has 1 aliphatic heterocycles. The molecule has 0 bridgehead atoms. The number of nitrogens with two attached hydrogens (primary N) is 2. The monoisotopic (exact) mass is 219 g/mol. The Labute approximate surface area is 95.2 Å². The van der Waals surface area contributed by atoms with Crippen molar-refractivity contribution in [1.82, 2.24) is 14.9 Å². The Kier molecular flexibility index (Phi) is 2.78. The first-order chi connectivity index (χ1) is 7.58. The minimum Gasteiger partial charge on any atom is -0.383 e. The molecule has 0 unspecified atom stereocenters. The van der Waals surface area contributed by atoms with E-state index in [1.165, 1.54) is 0 Å². The third kappa shape index (κ3) is 1.99.